The highest BCUT2D eigenvalue weighted by Crippen LogP contribution is 2.05. The minimum atomic E-state index is -1.00. The van der Waals surface area contributed by atoms with Crippen molar-refractivity contribution in [2.75, 3.05) is 0 Å². The van der Waals surface area contributed by atoms with Gasteiger partial charge in [0.1, 0.15) is 5.60 Å². The van der Waals surface area contributed by atoms with Crippen molar-refractivity contribution < 1.29 is 24.7 Å². The molecule has 0 aromatic carbocycles. The maximum atomic E-state index is 11.3. The second-order valence-corrected chi connectivity index (χ2v) is 4.81. The molecule has 3 N–H and O–H groups in total. The standard InChI is InChI=1S/C10H19NO4/c1-6(2)7(8(12)13)11-9(14)15-10(3,4)5/h6-7H,1-5H3,(H,11,14)(H,12,13)/p+1. The number of carbonyl (C=O) groups is 2. The quantitative estimate of drug-likeness (QED) is 0.726. The molecule has 0 bridgehead atoms. The van der Waals surface area contributed by atoms with Crippen LogP contribution >= 0.6 is 0 Å². The largest absolute Gasteiger partial charge is 0.513 e. The van der Waals surface area contributed by atoms with E-state index in [1.54, 1.807) is 34.6 Å². The molecule has 0 rings (SSSR count). The van der Waals surface area contributed by atoms with Gasteiger partial charge in [-0.1, -0.05) is 13.8 Å². The van der Waals surface area contributed by atoms with Crippen molar-refractivity contribution >= 4 is 12.1 Å². The molecule has 0 aliphatic carbocycles. The SMILES string of the molecule is CC(C)C([NH2+]C(=O)OC(C)(C)C)C(=O)O. The van der Waals surface area contributed by atoms with Crippen molar-refractivity contribution in [3.63, 3.8) is 0 Å². The fraction of sp³-hybridized carbons (Fsp3) is 0.800. The van der Waals surface area contributed by atoms with Crippen molar-refractivity contribution in [3.05, 3.63) is 0 Å². The molecule has 0 aromatic rings. The van der Waals surface area contributed by atoms with Crippen molar-refractivity contribution in [3.8, 4) is 0 Å². The van der Waals surface area contributed by atoms with Gasteiger partial charge in [-0.25, -0.2) is 10.1 Å². The Balaban J connectivity index is 4.31. The summed E-state index contributed by atoms with van der Waals surface area (Å²) in [5.74, 6) is -1.13. The number of amides is 1. The van der Waals surface area contributed by atoms with Crippen LogP contribution in [0.4, 0.5) is 4.79 Å². The number of rotatable bonds is 3. The molecule has 0 aliphatic heterocycles. The van der Waals surface area contributed by atoms with Gasteiger partial charge >= 0.3 is 12.1 Å². The van der Waals surface area contributed by atoms with E-state index in [0.717, 1.165) is 5.32 Å². The smallest absolute Gasteiger partial charge is 0.477 e. The van der Waals surface area contributed by atoms with Crippen LogP contribution in [0.5, 0.6) is 0 Å². The van der Waals surface area contributed by atoms with E-state index in [1.165, 1.54) is 0 Å². The fourth-order valence-electron chi connectivity index (χ4n) is 1.03. The summed E-state index contributed by atoms with van der Waals surface area (Å²) >= 11 is 0. The number of hydrogen-bond donors (Lipinski definition) is 2. The van der Waals surface area contributed by atoms with Crippen LogP contribution in [-0.4, -0.2) is 28.8 Å². The average Bonchev–Trinajstić information content (AvgIpc) is 1.95. The molecule has 1 unspecified atom stereocenters. The van der Waals surface area contributed by atoms with Gasteiger partial charge in [-0.05, 0) is 20.8 Å². The number of nitrogens with two attached hydrogens (primary N) is 1. The molecule has 0 heterocycles. The van der Waals surface area contributed by atoms with Gasteiger partial charge in [0.25, 0.3) is 0 Å². The van der Waals surface area contributed by atoms with Crippen molar-refractivity contribution in [2.45, 2.75) is 46.3 Å². The van der Waals surface area contributed by atoms with Gasteiger partial charge in [-0.15, -0.1) is 0 Å². The predicted octanol–water partition coefficient (Wildman–Crippen LogP) is 0.594. The lowest BCUT2D eigenvalue weighted by molar-refractivity contribution is -0.605. The molecule has 5 nitrogen and oxygen atoms in total. The predicted molar refractivity (Wildman–Crippen MR) is 54.4 cm³/mol. The van der Waals surface area contributed by atoms with Gasteiger partial charge in [0.2, 0.25) is 0 Å². The molecule has 0 spiro atoms. The Bertz CT molecular complexity index is 242. The molecule has 0 saturated carbocycles. The topological polar surface area (TPSA) is 80.2 Å². The summed E-state index contributed by atoms with van der Waals surface area (Å²) in [7, 11) is 0. The monoisotopic (exact) mass is 218 g/mol. The maximum absolute atomic E-state index is 11.3. The van der Waals surface area contributed by atoms with E-state index in [-0.39, 0.29) is 5.92 Å². The van der Waals surface area contributed by atoms with Crippen LogP contribution in [-0.2, 0) is 9.53 Å². The lowest BCUT2D eigenvalue weighted by Crippen LogP contribution is -2.96. The second kappa shape index (κ2) is 5.11. The third-order valence-corrected chi connectivity index (χ3v) is 1.73. The number of primary amides is 1. The zero-order valence-electron chi connectivity index (χ0n) is 9.90. The molecule has 1 amide bonds. The van der Waals surface area contributed by atoms with Crippen LogP contribution in [0.1, 0.15) is 34.6 Å². The van der Waals surface area contributed by atoms with Gasteiger partial charge in [-0.2, -0.15) is 4.79 Å². The van der Waals surface area contributed by atoms with E-state index in [4.69, 9.17) is 9.84 Å². The molecular formula is C10H20NO4+. The summed E-state index contributed by atoms with van der Waals surface area (Å²) in [5.41, 5.74) is -0.590. The molecule has 0 aliphatic rings. The first kappa shape index (κ1) is 13.9. The average molecular weight is 218 g/mol. The van der Waals surface area contributed by atoms with Gasteiger partial charge < -0.3 is 9.84 Å². The van der Waals surface area contributed by atoms with Crippen LogP contribution in [0.15, 0.2) is 0 Å². The van der Waals surface area contributed by atoms with E-state index in [1.807, 2.05) is 0 Å². The van der Waals surface area contributed by atoms with Gasteiger partial charge in [0.05, 0.1) is 0 Å². The molecule has 0 fully saturated rings. The Hall–Kier alpha value is -1.10. The van der Waals surface area contributed by atoms with Crippen molar-refractivity contribution in [2.24, 2.45) is 5.92 Å². The molecule has 0 radical (unpaired) electrons. The van der Waals surface area contributed by atoms with Crippen molar-refractivity contribution in [1.82, 2.24) is 0 Å². The van der Waals surface area contributed by atoms with Gasteiger partial charge in [0.15, 0.2) is 6.04 Å². The summed E-state index contributed by atoms with van der Waals surface area (Å²) in [5, 5.41) is 9.98. The maximum Gasteiger partial charge on any atom is 0.513 e. The molecule has 88 valence electrons. The highest BCUT2D eigenvalue weighted by molar-refractivity contribution is 5.73. The minimum absolute atomic E-state index is 0.130. The van der Waals surface area contributed by atoms with Crippen LogP contribution in [0.3, 0.4) is 0 Å². The zero-order chi connectivity index (χ0) is 12.2. The molecule has 1 atom stereocenters. The lowest BCUT2D eigenvalue weighted by atomic mass is 10.1. The Morgan fingerprint density at radius 1 is 1.27 bits per heavy atom. The number of ether oxygens (including phenoxy) is 1. The Kier molecular flexibility index (Phi) is 4.74. The van der Waals surface area contributed by atoms with Gasteiger partial charge in [0, 0.05) is 5.92 Å². The third-order valence-electron chi connectivity index (χ3n) is 1.73. The fourth-order valence-corrected chi connectivity index (χ4v) is 1.03. The van der Waals surface area contributed by atoms with Crippen LogP contribution in [0, 0.1) is 5.92 Å². The first-order valence-electron chi connectivity index (χ1n) is 4.94. The highest BCUT2D eigenvalue weighted by atomic mass is 16.6. The lowest BCUT2D eigenvalue weighted by Gasteiger charge is -2.19. The number of quaternary nitrogens is 1. The second-order valence-electron chi connectivity index (χ2n) is 4.81. The Labute approximate surface area is 89.8 Å². The number of carboxylic acid groups (broad SMARTS) is 1. The zero-order valence-corrected chi connectivity index (χ0v) is 9.90. The van der Waals surface area contributed by atoms with E-state index in [2.05, 4.69) is 0 Å². The molecule has 5 heteroatoms. The van der Waals surface area contributed by atoms with Gasteiger partial charge in [-0.3, -0.25) is 0 Å². The van der Waals surface area contributed by atoms with Crippen LogP contribution < -0.4 is 5.32 Å². The number of aliphatic carboxylic acids is 1. The molecular weight excluding hydrogens is 198 g/mol. The molecule has 15 heavy (non-hydrogen) atoms. The summed E-state index contributed by atoms with van der Waals surface area (Å²) in [4.78, 5) is 22.1. The van der Waals surface area contributed by atoms with E-state index in [0.29, 0.717) is 0 Å². The molecule has 0 aromatic heterocycles. The van der Waals surface area contributed by atoms with E-state index in [9.17, 15) is 9.59 Å². The number of carboxylic acids is 1. The first-order chi connectivity index (χ1) is 6.63. The summed E-state index contributed by atoms with van der Waals surface area (Å²) in [6.45, 7) is 8.72. The van der Waals surface area contributed by atoms with E-state index < -0.39 is 23.7 Å². The first-order valence-corrected chi connectivity index (χ1v) is 4.94. The van der Waals surface area contributed by atoms with Crippen molar-refractivity contribution in [1.29, 1.82) is 0 Å². The normalized spacial score (nSPS) is 13.7. The number of hydrogen-bond acceptors (Lipinski definition) is 3. The highest BCUT2D eigenvalue weighted by Gasteiger charge is 2.30. The summed E-state index contributed by atoms with van der Waals surface area (Å²) < 4.78 is 5.01. The van der Waals surface area contributed by atoms with Crippen LogP contribution in [0.25, 0.3) is 0 Å². The molecule has 0 saturated heterocycles. The number of carbonyl (C=O) groups excluding carboxylic acids is 1. The Morgan fingerprint density at radius 3 is 2.00 bits per heavy atom. The summed E-state index contributed by atoms with van der Waals surface area (Å²) in [6.07, 6.45) is -0.580. The van der Waals surface area contributed by atoms with E-state index >= 15 is 0 Å². The Morgan fingerprint density at radius 2 is 1.73 bits per heavy atom. The summed E-state index contributed by atoms with van der Waals surface area (Å²) in [6, 6.07) is -0.792. The third kappa shape index (κ3) is 6.06. The minimum Gasteiger partial charge on any atom is -0.477 e. The van der Waals surface area contributed by atoms with Crippen LogP contribution in [0.2, 0.25) is 0 Å².